The van der Waals surface area contributed by atoms with Gasteiger partial charge in [-0.05, 0) is 32.0 Å². The van der Waals surface area contributed by atoms with E-state index in [9.17, 15) is 9.18 Å². The Labute approximate surface area is 110 Å². The molecule has 0 aliphatic rings. The van der Waals surface area contributed by atoms with Gasteiger partial charge in [-0.25, -0.2) is 4.39 Å². The van der Waals surface area contributed by atoms with Gasteiger partial charge in [-0.2, -0.15) is 0 Å². The summed E-state index contributed by atoms with van der Waals surface area (Å²) in [5.74, 6) is -0.614. The molecule has 0 atom stereocenters. The van der Waals surface area contributed by atoms with E-state index in [1.54, 1.807) is 13.8 Å². The van der Waals surface area contributed by atoms with Gasteiger partial charge in [0, 0.05) is 10.9 Å². The first kappa shape index (κ1) is 13.5. The average Bonchev–Trinajstić information content (AvgIpc) is 2.71. The summed E-state index contributed by atoms with van der Waals surface area (Å²) in [5.41, 5.74) is 0.494. The number of halogens is 1. The van der Waals surface area contributed by atoms with Crippen LogP contribution in [0.2, 0.25) is 0 Å². The number of rotatable bonds is 4. The Morgan fingerprint density at radius 3 is 2.89 bits per heavy atom. The zero-order valence-electron chi connectivity index (χ0n) is 10.9. The highest BCUT2D eigenvalue weighted by Crippen LogP contribution is 2.22. The van der Waals surface area contributed by atoms with Crippen molar-refractivity contribution in [1.82, 2.24) is 5.32 Å². The number of furan rings is 1. The van der Waals surface area contributed by atoms with Gasteiger partial charge in [0.15, 0.2) is 0 Å². The summed E-state index contributed by atoms with van der Waals surface area (Å²) in [4.78, 5) is 11.9. The fourth-order valence-electron chi connectivity index (χ4n) is 1.83. The maximum atomic E-state index is 13.2. The van der Waals surface area contributed by atoms with E-state index in [0.717, 1.165) is 0 Å². The van der Waals surface area contributed by atoms with Crippen LogP contribution in [-0.2, 0) is 11.2 Å². The molecule has 0 aliphatic carbocycles. The first-order valence-corrected chi connectivity index (χ1v) is 5.99. The number of fused-ring (bicyclic) bond motifs is 1. The van der Waals surface area contributed by atoms with Crippen molar-refractivity contribution in [3.63, 3.8) is 0 Å². The van der Waals surface area contributed by atoms with Gasteiger partial charge in [-0.1, -0.05) is 0 Å². The van der Waals surface area contributed by atoms with E-state index in [0.29, 0.717) is 16.5 Å². The number of benzene rings is 1. The summed E-state index contributed by atoms with van der Waals surface area (Å²) in [7, 11) is 0. The summed E-state index contributed by atoms with van der Waals surface area (Å²) in [6.07, 6.45) is 1.54. The van der Waals surface area contributed by atoms with Crippen LogP contribution in [0.3, 0.4) is 0 Å². The molecule has 0 saturated carbocycles. The molecule has 1 amide bonds. The van der Waals surface area contributed by atoms with Gasteiger partial charge in [0.25, 0.3) is 0 Å². The third-order valence-electron chi connectivity index (χ3n) is 2.84. The van der Waals surface area contributed by atoms with Crippen LogP contribution in [-0.4, -0.2) is 23.2 Å². The van der Waals surface area contributed by atoms with Gasteiger partial charge in [0.05, 0.1) is 24.8 Å². The summed E-state index contributed by atoms with van der Waals surface area (Å²) in [6.45, 7) is 3.29. The molecule has 0 spiro atoms. The third-order valence-corrected chi connectivity index (χ3v) is 2.84. The lowest BCUT2D eigenvalue weighted by atomic mass is 10.1. The first-order valence-electron chi connectivity index (χ1n) is 5.99. The van der Waals surface area contributed by atoms with Crippen molar-refractivity contribution < 1.29 is 18.7 Å². The average molecular weight is 265 g/mol. The molecule has 0 radical (unpaired) electrons. The highest BCUT2D eigenvalue weighted by molar-refractivity contribution is 5.87. The highest BCUT2D eigenvalue weighted by atomic mass is 19.1. The van der Waals surface area contributed by atoms with Crippen LogP contribution in [0.1, 0.15) is 19.4 Å². The van der Waals surface area contributed by atoms with E-state index < -0.39 is 5.54 Å². The molecule has 1 aromatic carbocycles. The number of hydrogen-bond acceptors (Lipinski definition) is 3. The van der Waals surface area contributed by atoms with Crippen molar-refractivity contribution in [2.45, 2.75) is 25.8 Å². The number of amides is 1. The summed E-state index contributed by atoms with van der Waals surface area (Å²) in [6, 6.07) is 4.19. The van der Waals surface area contributed by atoms with E-state index in [1.807, 2.05) is 0 Å². The second-order valence-electron chi connectivity index (χ2n) is 5.17. The van der Waals surface area contributed by atoms with Gasteiger partial charge in [-0.3, -0.25) is 4.79 Å². The number of aliphatic hydroxyl groups excluding tert-OH is 1. The largest absolute Gasteiger partial charge is 0.464 e. The molecule has 0 aliphatic heterocycles. The molecule has 2 N–H and O–H groups in total. The number of aliphatic hydroxyl groups is 1. The molecule has 0 saturated heterocycles. The van der Waals surface area contributed by atoms with Gasteiger partial charge in [0.1, 0.15) is 11.4 Å². The maximum Gasteiger partial charge on any atom is 0.225 e. The summed E-state index contributed by atoms with van der Waals surface area (Å²) < 4.78 is 18.4. The lowest BCUT2D eigenvalue weighted by Crippen LogP contribution is -2.46. The molecule has 0 bridgehead atoms. The van der Waals surface area contributed by atoms with Gasteiger partial charge in [-0.15, -0.1) is 0 Å². The predicted molar refractivity (Wildman–Crippen MR) is 69.2 cm³/mol. The SMILES string of the molecule is CC(C)(CO)NC(=O)Cc1coc2ccc(F)cc12. The van der Waals surface area contributed by atoms with Crippen LogP contribution < -0.4 is 5.32 Å². The zero-order valence-corrected chi connectivity index (χ0v) is 10.9. The second-order valence-corrected chi connectivity index (χ2v) is 5.17. The molecule has 2 aromatic rings. The molecule has 1 aromatic heterocycles. The Hall–Kier alpha value is -1.88. The molecule has 102 valence electrons. The van der Waals surface area contributed by atoms with Crippen molar-refractivity contribution in [3.8, 4) is 0 Å². The van der Waals surface area contributed by atoms with E-state index in [1.165, 1.54) is 24.5 Å². The maximum absolute atomic E-state index is 13.2. The van der Waals surface area contributed by atoms with Crippen LogP contribution in [0.15, 0.2) is 28.9 Å². The zero-order chi connectivity index (χ0) is 14.0. The molecule has 19 heavy (non-hydrogen) atoms. The van der Waals surface area contributed by atoms with Crippen molar-refractivity contribution in [2.24, 2.45) is 0 Å². The van der Waals surface area contributed by atoms with Crippen molar-refractivity contribution in [1.29, 1.82) is 0 Å². The van der Waals surface area contributed by atoms with E-state index in [2.05, 4.69) is 5.32 Å². The fourth-order valence-corrected chi connectivity index (χ4v) is 1.83. The quantitative estimate of drug-likeness (QED) is 0.888. The highest BCUT2D eigenvalue weighted by Gasteiger charge is 2.20. The number of carbonyl (C=O) groups excluding carboxylic acids is 1. The van der Waals surface area contributed by atoms with Crippen LogP contribution in [0.4, 0.5) is 4.39 Å². The van der Waals surface area contributed by atoms with E-state index >= 15 is 0 Å². The van der Waals surface area contributed by atoms with Crippen LogP contribution in [0.5, 0.6) is 0 Å². The van der Waals surface area contributed by atoms with Gasteiger partial charge in [0.2, 0.25) is 5.91 Å². The third kappa shape index (κ3) is 3.12. The molecule has 4 nitrogen and oxygen atoms in total. The van der Waals surface area contributed by atoms with Gasteiger partial charge < -0.3 is 14.8 Å². The monoisotopic (exact) mass is 265 g/mol. The van der Waals surface area contributed by atoms with Crippen LogP contribution >= 0.6 is 0 Å². The minimum Gasteiger partial charge on any atom is -0.464 e. The molecule has 5 heteroatoms. The van der Waals surface area contributed by atoms with Gasteiger partial charge >= 0.3 is 0 Å². The normalized spacial score (nSPS) is 11.8. The van der Waals surface area contributed by atoms with Crippen LogP contribution in [0, 0.1) is 5.82 Å². The fraction of sp³-hybridized carbons (Fsp3) is 0.357. The topological polar surface area (TPSA) is 62.5 Å². The van der Waals surface area contributed by atoms with E-state index in [4.69, 9.17) is 9.52 Å². The Balaban J connectivity index is 2.17. The molecule has 0 fully saturated rings. The minimum absolute atomic E-state index is 0.0832. The summed E-state index contributed by atoms with van der Waals surface area (Å²) in [5, 5.41) is 12.4. The Kier molecular flexibility index (Phi) is 3.57. The van der Waals surface area contributed by atoms with Crippen LogP contribution in [0.25, 0.3) is 11.0 Å². The standard InChI is InChI=1S/C14H16FNO3/c1-14(2,8-17)16-13(18)5-9-7-19-12-4-3-10(15)6-11(9)12/h3-4,6-7,17H,5,8H2,1-2H3,(H,16,18). The van der Waals surface area contributed by atoms with Crippen molar-refractivity contribution in [3.05, 3.63) is 35.8 Å². The Morgan fingerprint density at radius 1 is 1.47 bits per heavy atom. The Morgan fingerprint density at radius 2 is 2.21 bits per heavy atom. The predicted octanol–water partition coefficient (Wildman–Crippen LogP) is 2.00. The first-order chi connectivity index (χ1) is 8.91. The molecule has 1 heterocycles. The summed E-state index contributed by atoms with van der Waals surface area (Å²) >= 11 is 0. The van der Waals surface area contributed by atoms with Crippen molar-refractivity contribution in [2.75, 3.05) is 6.61 Å². The second kappa shape index (κ2) is 5.01. The smallest absolute Gasteiger partial charge is 0.225 e. The number of nitrogens with one attached hydrogen (secondary N) is 1. The molecule has 2 rings (SSSR count). The molecular formula is C14H16FNO3. The van der Waals surface area contributed by atoms with Crippen molar-refractivity contribution >= 4 is 16.9 Å². The lowest BCUT2D eigenvalue weighted by molar-refractivity contribution is -0.122. The Bertz CT molecular complexity index is 604. The molecule has 0 unspecified atom stereocenters. The minimum atomic E-state index is -0.679. The molecular weight excluding hydrogens is 249 g/mol. The number of hydrogen-bond donors (Lipinski definition) is 2. The lowest BCUT2D eigenvalue weighted by Gasteiger charge is -2.23. The number of carbonyl (C=O) groups is 1. The van der Waals surface area contributed by atoms with E-state index in [-0.39, 0.29) is 24.8 Å².